The highest BCUT2D eigenvalue weighted by Gasteiger charge is 2.27. The van der Waals surface area contributed by atoms with Gasteiger partial charge in [-0.2, -0.15) is 0 Å². The molecule has 0 radical (unpaired) electrons. The molecule has 0 bridgehead atoms. The number of amides is 1. The Bertz CT molecular complexity index is 693. The van der Waals surface area contributed by atoms with Crippen molar-refractivity contribution in [2.75, 3.05) is 18.5 Å². The normalized spacial score (nSPS) is 17.8. The Hall–Kier alpha value is -1.19. The Kier molecular flexibility index (Phi) is 8.99. The van der Waals surface area contributed by atoms with E-state index in [9.17, 15) is 13.2 Å². The molecule has 7 nitrogen and oxygen atoms in total. The molecule has 2 rings (SSSR count). The molecule has 1 saturated heterocycles. The third kappa shape index (κ3) is 6.21. The van der Waals surface area contributed by atoms with Crippen LogP contribution in [0.5, 0.6) is 0 Å². The first kappa shape index (κ1) is 22.9. The Morgan fingerprint density at radius 3 is 2.62 bits per heavy atom. The van der Waals surface area contributed by atoms with Gasteiger partial charge in [0.25, 0.3) is 0 Å². The van der Waals surface area contributed by atoms with Crippen LogP contribution in [-0.4, -0.2) is 39.6 Å². The van der Waals surface area contributed by atoms with Crippen LogP contribution < -0.4 is 15.8 Å². The lowest BCUT2D eigenvalue weighted by atomic mass is 9.92. The van der Waals surface area contributed by atoms with E-state index >= 15 is 0 Å². The molecule has 26 heavy (non-hydrogen) atoms. The van der Waals surface area contributed by atoms with Crippen LogP contribution in [0.1, 0.15) is 33.1 Å². The van der Waals surface area contributed by atoms with Gasteiger partial charge < -0.3 is 15.8 Å². The molecule has 148 valence electrons. The lowest BCUT2D eigenvalue weighted by molar-refractivity contribution is -0.119. The first-order valence-corrected chi connectivity index (χ1v) is 10.1. The third-order valence-electron chi connectivity index (χ3n) is 4.46. The van der Waals surface area contributed by atoms with Gasteiger partial charge in [0, 0.05) is 24.9 Å². The highest BCUT2D eigenvalue weighted by molar-refractivity contribution is 7.89. The van der Waals surface area contributed by atoms with Gasteiger partial charge in [0.15, 0.2) is 0 Å². The zero-order chi connectivity index (χ0) is 18.4. The summed E-state index contributed by atoms with van der Waals surface area (Å²) in [6.45, 7) is 4.93. The Labute approximate surface area is 161 Å². The highest BCUT2D eigenvalue weighted by atomic mass is 35.5. The van der Waals surface area contributed by atoms with Gasteiger partial charge in [0.05, 0.1) is 10.9 Å². The molecule has 1 amide bonds. The molecule has 0 aliphatic carbocycles. The molecule has 1 aromatic rings. The highest BCUT2D eigenvalue weighted by Crippen LogP contribution is 2.20. The van der Waals surface area contributed by atoms with Gasteiger partial charge >= 0.3 is 0 Å². The average molecular weight is 406 g/mol. The van der Waals surface area contributed by atoms with Crippen molar-refractivity contribution in [3.63, 3.8) is 0 Å². The predicted molar refractivity (Wildman–Crippen MR) is 104 cm³/mol. The first-order valence-electron chi connectivity index (χ1n) is 8.60. The minimum atomic E-state index is -3.62. The average Bonchev–Trinajstić information content (AvgIpc) is 2.61. The molecule has 0 saturated carbocycles. The molecule has 1 aliphatic rings. The minimum Gasteiger partial charge on any atom is -0.381 e. The van der Waals surface area contributed by atoms with Crippen LogP contribution >= 0.6 is 12.4 Å². The summed E-state index contributed by atoms with van der Waals surface area (Å²) in [6, 6.07) is 5.39. The van der Waals surface area contributed by atoms with Crippen LogP contribution in [0.15, 0.2) is 29.2 Å². The van der Waals surface area contributed by atoms with Gasteiger partial charge in [-0.05, 0) is 50.3 Å². The molecule has 1 heterocycles. The summed E-state index contributed by atoms with van der Waals surface area (Å²) in [5, 5.41) is 2.72. The van der Waals surface area contributed by atoms with Gasteiger partial charge in [-0.1, -0.05) is 13.0 Å². The van der Waals surface area contributed by atoms with E-state index < -0.39 is 16.1 Å². The third-order valence-corrected chi connectivity index (χ3v) is 6.04. The fourth-order valence-electron chi connectivity index (χ4n) is 2.67. The fraction of sp³-hybridized carbons (Fsp3) is 0.588. The molecule has 2 unspecified atom stereocenters. The number of benzene rings is 1. The van der Waals surface area contributed by atoms with Crippen LogP contribution in [0.3, 0.4) is 0 Å². The van der Waals surface area contributed by atoms with Crippen molar-refractivity contribution in [1.29, 1.82) is 0 Å². The van der Waals surface area contributed by atoms with Crippen molar-refractivity contribution in [2.45, 2.75) is 50.1 Å². The molecule has 1 fully saturated rings. The van der Waals surface area contributed by atoms with Gasteiger partial charge in [0.2, 0.25) is 15.9 Å². The maximum atomic E-state index is 12.4. The summed E-state index contributed by atoms with van der Waals surface area (Å²) in [6.07, 6.45) is 2.19. The van der Waals surface area contributed by atoms with Gasteiger partial charge in [-0.15, -0.1) is 12.4 Å². The van der Waals surface area contributed by atoms with E-state index in [1.54, 1.807) is 19.1 Å². The molecular formula is C17H28ClN3O4S. The van der Waals surface area contributed by atoms with Gasteiger partial charge in [-0.3, -0.25) is 4.79 Å². The van der Waals surface area contributed by atoms with E-state index in [0.29, 0.717) is 25.3 Å². The van der Waals surface area contributed by atoms with E-state index in [4.69, 9.17) is 10.5 Å². The van der Waals surface area contributed by atoms with Crippen LogP contribution in [-0.2, 0) is 19.6 Å². The number of sulfonamides is 1. The van der Waals surface area contributed by atoms with E-state index in [1.165, 1.54) is 12.1 Å². The number of rotatable bonds is 7. The minimum absolute atomic E-state index is 0. The number of hydrogen-bond donors (Lipinski definition) is 3. The lowest BCUT2D eigenvalue weighted by Crippen LogP contribution is -2.44. The number of halogens is 1. The van der Waals surface area contributed by atoms with Gasteiger partial charge in [0.1, 0.15) is 0 Å². The van der Waals surface area contributed by atoms with E-state index in [0.717, 1.165) is 12.8 Å². The van der Waals surface area contributed by atoms with Crippen molar-refractivity contribution < 1.29 is 17.9 Å². The molecule has 0 aromatic heterocycles. The fourth-order valence-corrected chi connectivity index (χ4v) is 4.04. The number of anilines is 1. The summed E-state index contributed by atoms with van der Waals surface area (Å²) in [4.78, 5) is 12.5. The lowest BCUT2D eigenvalue weighted by Gasteiger charge is -2.26. The number of nitrogens with one attached hydrogen (secondary N) is 2. The summed E-state index contributed by atoms with van der Waals surface area (Å²) in [5.41, 5.74) is 6.47. The molecule has 4 N–H and O–H groups in total. The molecule has 9 heteroatoms. The maximum absolute atomic E-state index is 12.4. The van der Waals surface area contributed by atoms with Crippen LogP contribution in [0.4, 0.5) is 5.69 Å². The molecule has 1 aliphatic heterocycles. The van der Waals surface area contributed by atoms with Crippen molar-refractivity contribution in [3.05, 3.63) is 24.3 Å². The van der Waals surface area contributed by atoms with E-state index in [-0.39, 0.29) is 35.2 Å². The molecular weight excluding hydrogens is 378 g/mol. The summed E-state index contributed by atoms with van der Waals surface area (Å²) in [5.74, 6) is -0.232. The Morgan fingerprint density at radius 1 is 1.35 bits per heavy atom. The number of nitrogens with two attached hydrogens (primary N) is 1. The van der Waals surface area contributed by atoms with Crippen molar-refractivity contribution >= 4 is 34.0 Å². The number of carbonyl (C=O) groups is 1. The summed E-state index contributed by atoms with van der Waals surface area (Å²) < 4.78 is 32.6. The standard InChI is InChI=1S/C17H27N3O4S.ClH/c1-3-12(2)20-25(22,23)15-6-4-5-14(11-15)19-17(21)16(18)13-7-9-24-10-8-13;/h4-6,11-13,16,20H,3,7-10,18H2,1-2H3,(H,19,21);1H. The first-order chi connectivity index (χ1) is 11.8. The van der Waals surface area contributed by atoms with Crippen LogP contribution in [0, 0.1) is 5.92 Å². The second-order valence-electron chi connectivity index (χ2n) is 6.42. The largest absolute Gasteiger partial charge is 0.381 e. The predicted octanol–water partition coefficient (Wildman–Crippen LogP) is 1.88. The number of carbonyl (C=O) groups excluding carboxylic acids is 1. The maximum Gasteiger partial charge on any atom is 0.241 e. The Morgan fingerprint density at radius 2 is 2.00 bits per heavy atom. The number of hydrogen-bond acceptors (Lipinski definition) is 5. The second kappa shape index (κ2) is 10.2. The van der Waals surface area contributed by atoms with E-state index in [2.05, 4.69) is 10.0 Å². The van der Waals surface area contributed by atoms with Crippen molar-refractivity contribution in [3.8, 4) is 0 Å². The SMILES string of the molecule is CCC(C)NS(=O)(=O)c1cccc(NC(=O)C(N)C2CCOCC2)c1.Cl. The smallest absolute Gasteiger partial charge is 0.241 e. The molecule has 0 spiro atoms. The topological polar surface area (TPSA) is 111 Å². The van der Waals surface area contributed by atoms with Gasteiger partial charge in [-0.25, -0.2) is 13.1 Å². The summed E-state index contributed by atoms with van der Waals surface area (Å²) in [7, 11) is -3.62. The zero-order valence-corrected chi connectivity index (χ0v) is 16.7. The van der Waals surface area contributed by atoms with Crippen molar-refractivity contribution in [1.82, 2.24) is 4.72 Å². The van der Waals surface area contributed by atoms with Crippen LogP contribution in [0.25, 0.3) is 0 Å². The molecule has 2 atom stereocenters. The quantitative estimate of drug-likeness (QED) is 0.641. The zero-order valence-electron chi connectivity index (χ0n) is 15.1. The monoisotopic (exact) mass is 405 g/mol. The Balaban J connectivity index is 0.00000338. The van der Waals surface area contributed by atoms with E-state index in [1.807, 2.05) is 6.92 Å². The second-order valence-corrected chi connectivity index (χ2v) is 8.14. The molecule has 1 aromatic carbocycles. The van der Waals surface area contributed by atoms with Crippen molar-refractivity contribution in [2.24, 2.45) is 11.7 Å². The van der Waals surface area contributed by atoms with Crippen LogP contribution in [0.2, 0.25) is 0 Å². The summed E-state index contributed by atoms with van der Waals surface area (Å²) >= 11 is 0. The number of ether oxygens (including phenoxy) is 1.